The van der Waals surface area contributed by atoms with E-state index in [1.165, 1.54) is 5.56 Å². The predicted molar refractivity (Wildman–Crippen MR) is 92.0 cm³/mol. The van der Waals surface area contributed by atoms with E-state index in [-0.39, 0.29) is 24.0 Å². The monoisotopic (exact) mass is 330 g/mol. The Morgan fingerprint density at radius 3 is 2.50 bits per heavy atom. The van der Waals surface area contributed by atoms with Gasteiger partial charge in [0.1, 0.15) is 6.10 Å². The highest BCUT2D eigenvalue weighted by Crippen LogP contribution is 2.18. The van der Waals surface area contributed by atoms with Gasteiger partial charge in [0.25, 0.3) is 5.91 Å². The Hall–Kier alpha value is -1.88. The quantitative estimate of drug-likeness (QED) is 0.924. The maximum absolute atomic E-state index is 12.6. The fraction of sp³-hybridized carbons (Fsp3) is 0.579. The Morgan fingerprint density at radius 1 is 1.12 bits per heavy atom. The van der Waals surface area contributed by atoms with Crippen LogP contribution in [0.25, 0.3) is 0 Å². The van der Waals surface area contributed by atoms with Gasteiger partial charge in [0.05, 0.1) is 0 Å². The van der Waals surface area contributed by atoms with Crippen LogP contribution < -0.4 is 5.32 Å². The lowest BCUT2D eigenvalue weighted by molar-refractivity contribution is -0.131. The van der Waals surface area contributed by atoms with E-state index in [1.54, 1.807) is 0 Å². The lowest BCUT2D eigenvalue weighted by Crippen LogP contribution is -2.48. The Kier molecular flexibility index (Phi) is 5.19. The molecule has 2 aliphatic heterocycles. The molecule has 0 bridgehead atoms. The molecule has 1 unspecified atom stereocenters. The molecule has 2 heterocycles. The summed E-state index contributed by atoms with van der Waals surface area (Å²) in [5, 5.41) is 3.07. The topological polar surface area (TPSA) is 58.6 Å². The van der Waals surface area contributed by atoms with E-state index < -0.39 is 0 Å². The van der Waals surface area contributed by atoms with Crippen LogP contribution >= 0.6 is 0 Å². The molecule has 2 saturated heterocycles. The standard InChI is InChI=1S/C19H26N2O3/c1-13-5-6-15(12-14(13)2)19(23)21-9-7-16(8-10-21)20-18(22)17-4-3-11-24-17/h5-6,12,16-17H,3-4,7-11H2,1-2H3,(H,20,22). The number of carbonyl (C=O) groups excluding carboxylic acids is 2. The molecule has 24 heavy (non-hydrogen) atoms. The average molecular weight is 330 g/mol. The second-order valence-corrected chi connectivity index (χ2v) is 6.88. The van der Waals surface area contributed by atoms with Gasteiger partial charge in [-0.05, 0) is 62.8 Å². The van der Waals surface area contributed by atoms with Gasteiger partial charge in [0, 0.05) is 31.3 Å². The molecule has 2 amide bonds. The fourth-order valence-electron chi connectivity index (χ4n) is 3.36. The van der Waals surface area contributed by atoms with E-state index in [4.69, 9.17) is 4.74 Å². The number of aryl methyl sites for hydroxylation is 2. The number of nitrogens with one attached hydrogen (secondary N) is 1. The summed E-state index contributed by atoms with van der Waals surface area (Å²) in [6.45, 7) is 6.12. The lowest BCUT2D eigenvalue weighted by Gasteiger charge is -2.33. The van der Waals surface area contributed by atoms with Crippen LogP contribution in [-0.2, 0) is 9.53 Å². The van der Waals surface area contributed by atoms with Crippen LogP contribution in [-0.4, -0.2) is 48.6 Å². The number of piperidine rings is 1. The molecule has 0 spiro atoms. The summed E-state index contributed by atoms with van der Waals surface area (Å²) in [5.41, 5.74) is 3.08. The van der Waals surface area contributed by atoms with Crippen LogP contribution in [0.1, 0.15) is 47.2 Å². The zero-order valence-corrected chi connectivity index (χ0v) is 14.5. The summed E-state index contributed by atoms with van der Waals surface area (Å²) in [4.78, 5) is 26.6. The maximum Gasteiger partial charge on any atom is 0.253 e. The third-order valence-electron chi connectivity index (χ3n) is 5.10. The molecule has 5 nitrogen and oxygen atoms in total. The van der Waals surface area contributed by atoms with Gasteiger partial charge in [-0.3, -0.25) is 9.59 Å². The summed E-state index contributed by atoms with van der Waals surface area (Å²) in [6, 6.07) is 6.00. The number of ether oxygens (including phenoxy) is 1. The normalized spacial score (nSPS) is 21.8. The SMILES string of the molecule is Cc1ccc(C(=O)N2CCC(NC(=O)C3CCCO3)CC2)cc1C. The van der Waals surface area contributed by atoms with Gasteiger partial charge in [0.2, 0.25) is 5.91 Å². The first kappa shape index (κ1) is 17.0. The molecule has 1 atom stereocenters. The van der Waals surface area contributed by atoms with Crippen molar-refractivity contribution in [1.29, 1.82) is 0 Å². The molecule has 130 valence electrons. The number of hydrogen-bond donors (Lipinski definition) is 1. The number of benzene rings is 1. The first-order valence-electron chi connectivity index (χ1n) is 8.83. The van der Waals surface area contributed by atoms with Crippen molar-refractivity contribution in [1.82, 2.24) is 10.2 Å². The van der Waals surface area contributed by atoms with Crippen molar-refractivity contribution in [3.8, 4) is 0 Å². The van der Waals surface area contributed by atoms with Crippen LogP contribution in [0.4, 0.5) is 0 Å². The van der Waals surface area contributed by atoms with Gasteiger partial charge >= 0.3 is 0 Å². The molecule has 1 aromatic rings. The summed E-state index contributed by atoms with van der Waals surface area (Å²) in [5.74, 6) is 0.0911. The molecule has 2 aliphatic rings. The van der Waals surface area contributed by atoms with E-state index in [0.717, 1.165) is 36.8 Å². The van der Waals surface area contributed by atoms with E-state index in [9.17, 15) is 9.59 Å². The largest absolute Gasteiger partial charge is 0.368 e. The maximum atomic E-state index is 12.6. The lowest BCUT2D eigenvalue weighted by atomic mass is 10.0. The van der Waals surface area contributed by atoms with Crippen molar-refractivity contribution in [3.63, 3.8) is 0 Å². The minimum atomic E-state index is -0.278. The molecule has 0 aromatic heterocycles. The molecular weight excluding hydrogens is 304 g/mol. The Bertz CT molecular complexity index is 615. The van der Waals surface area contributed by atoms with Crippen molar-refractivity contribution >= 4 is 11.8 Å². The first-order chi connectivity index (χ1) is 11.5. The summed E-state index contributed by atoms with van der Waals surface area (Å²) in [7, 11) is 0. The van der Waals surface area contributed by atoms with Crippen molar-refractivity contribution < 1.29 is 14.3 Å². The molecule has 3 rings (SSSR count). The van der Waals surface area contributed by atoms with Gasteiger partial charge in [-0.25, -0.2) is 0 Å². The van der Waals surface area contributed by atoms with E-state index in [0.29, 0.717) is 19.7 Å². The second-order valence-electron chi connectivity index (χ2n) is 6.88. The van der Waals surface area contributed by atoms with Gasteiger partial charge in [-0.15, -0.1) is 0 Å². The summed E-state index contributed by atoms with van der Waals surface area (Å²) < 4.78 is 5.42. The Balaban J connectivity index is 1.51. The Labute approximate surface area is 143 Å². The second kappa shape index (κ2) is 7.34. The van der Waals surface area contributed by atoms with E-state index >= 15 is 0 Å². The third kappa shape index (κ3) is 3.78. The first-order valence-corrected chi connectivity index (χ1v) is 8.83. The highest BCUT2D eigenvalue weighted by molar-refractivity contribution is 5.94. The van der Waals surface area contributed by atoms with Crippen molar-refractivity contribution in [2.75, 3.05) is 19.7 Å². The number of rotatable bonds is 3. The van der Waals surface area contributed by atoms with Crippen LogP contribution in [0.3, 0.4) is 0 Å². The molecule has 0 radical (unpaired) electrons. The highest BCUT2D eigenvalue weighted by atomic mass is 16.5. The zero-order valence-electron chi connectivity index (χ0n) is 14.5. The van der Waals surface area contributed by atoms with E-state index in [1.807, 2.05) is 36.9 Å². The molecular formula is C19H26N2O3. The van der Waals surface area contributed by atoms with Crippen LogP contribution in [0, 0.1) is 13.8 Å². The number of likely N-dealkylation sites (tertiary alicyclic amines) is 1. The summed E-state index contributed by atoms with van der Waals surface area (Å²) in [6.07, 6.45) is 3.10. The number of carbonyl (C=O) groups is 2. The van der Waals surface area contributed by atoms with Crippen molar-refractivity contribution in [3.05, 3.63) is 34.9 Å². The average Bonchev–Trinajstić information content (AvgIpc) is 3.12. The molecule has 1 aromatic carbocycles. The third-order valence-corrected chi connectivity index (χ3v) is 5.10. The van der Waals surface area contributed by atoms with Crippen molar-refractivity contribution in [2.45, 2.75) is 51.7 Å². The zero-order chi connectivity index (χ0) is 17.1. The van der Waals surface area contributed by atoms with Gasteiger partial charge < -0.3 is 15.0 Å². The smallest absolute Gasteiger partial charge is 0.253 e. The van der Waals surface area contributed by atoms with Crippen molar-refractivity contribution in [2.24, 2.45) is 0 Å². The van der Waals surface area contributed by atoms with Crippen LogP contribution in [0.2, 0.25) is 0 Å². The number of hydrogen-bond acceptors (Lipinski definition) is 3. The van der Waals surface area contributed by atoms with Gasteiger partial charge in [-0.2, -0.15) is 0 Å². The molecule has 1 N–H and O–H groups in total. The van der Waals surface area contributed by atoms with Gasteiger partial charge in [-0.1, -0.05) is 6.07 Å². The van der Waals surface area contributed by atoms with E-state index in [2.05, 4.69) is 5.32 Å². The molecule has 2 fully saturated rings. The molecule has 0 aliphatic carbocycles. The Morgan fingerprint density at radius 2 is 1.88 bits per heavy atom. The fourth-order valence-corrected chi connectivity index (χ4v) is 3.36. The summed E-state index contributed by atoms with van der Waals surface area (Å²) >= 11 is 0. The molecule has 0 saturated carbocycles. The minimum absolute atomic E-state index is 0.00596. The predicted octanol–water partition coefficient (Wildman–Crippen LogP) is 2.20. The number of amides is 2. The van der Waals surface area contributed by atoms with Crippen LogP contribution in [0.5, 0.6) is 0 Å². The molecule has 5 heteroatoms. The highest BCUT2D eigenvalue weighted by Gasteiger charge is 2.28. The number of nitrogens with zero attached hydrogens (tertiary/aromatic N) is 1. The van der Waals surface area contributed by atoms with Gasteiger partial charge in [0.15, 0.2) is 0 Å². The minimum Gasteiger partial charge on any atom is -0.368 e. The van der Waals surface area contributed by atoms with Crippen LogP contribution in [0.15, 0.2) is 18.2 Å².